The standard InChI is InChI=1S/C45H52N4O2/c1-10-13-15-17-34-30(8)38-23-36-26(4)28(6)44(48-36)43(32-19-21-33(22-20-32)51-42(50)12-3)45-29(7)27(5)37(49-45)24-39-31(9)35(18-16-14-11-2)41(47-39)25-40(34)46-38/h12,19-25,46-47H,3,10-11,13-18H2,1-2,4-9H3. The maximum Gasteiger partial charge on any atom is 0.335 e. The van der Waals surface area contributed by atoms with Crippen LogP contribution < -0.4 is 4.74 Å². The van der Waals surface area contributed by atoms with Crippen molar-refractivity contribution in [2.75, 3.05) is 0 Å². The zero-order chi connectivity index (χ0) is 36.4. The summed E-state index contributed by atoms with van der Waals surface area (Å²) >= 11 is 0. The average Bonchev–Trinajstić information content (AvgIpc) is 3.77. The van der Waals surface area contributed by atoms with Crippen LogP contribution in [0.3, 0.4) is 0 Å². The highest BCUT2D eigenvalue weighted by molar-refractivity contribution is 6.01. The summed E-state index contributed by atoms with van der Waals surface area (Å²) in [5.41, 5.74) is 20.1. The van der Waals surface area contributed by atoms with Crippen LogP contribution in [0.2, 0.25) is 0 Å². The Morgan fingerprint density at radius 2 is 1.14 bits per heavy atom. The Bertz CT molecular complexity index is 2120. The first kappa shape index (κ1) is 35.8. The van der Waals surface area contributed by atoms with Crippen molar-refractivity contribution in [2.24, 2.45) is 0 Å². The highest BCUT2D eigenvalue weighted by Crippen LogP contribution is 2.42. The molecule has 2 aliphatic heterocycles. The Labute approximate surface area is 302 Å². The number of aromatic amines is 2. The van der Waals surface area contributed by atoms with Gasteiger partial charge in [-0.05, 0) is 148 Å². The summed E-state index contributed by atoms with van der Waals surface area (Å²) in [7, 11) is 0. The van der Waals surface area contributed by atoms with E-state index in [0.29, 0.717) is 5.75 Å². The minimum Gasteiger partial charge on any atom is -0.423 e. The van der Waals surface area contributed by atoms with Crippen LogP contribution in [0.25, 0.3) is 55.5 Å². The second kappa shape index (κ2) is 15.1. The number of hydrogen-bond donors (Lipinski definition) is 2. The molecule has 0 fully saturated rings. The van der Waals surface area contributed by atoms with Gasteiger partial charge in [-0.3, -0.25) is 0 Å². The number of unbranched alkanes of at least 4 members (excludes halogenated alkanes) is 4. The van der Waals surface area contributed by atoms with E-state index >= 15 is 0 Å². The first-order chi connectivity index (χ1) is 24.6. The number of esters is 1. The summed E-state index contributed by atoms with van der Waals surface area (Å²) < 4.78 is 5.42. The van der Waals surface area contributed by atoms with E-state index in [2.05, 4.69) is 90.1 Å². The second-order valence-corrected chi connectivity index (χ2v) is 14.2. The van der Waals surface area contributed by atoms with Crippen molar-refractivity contribution in [1.82, 2.24) is 19.9 Å². The molecule has 2 aliphatic rings. The third-order valence-corrected chi connectivity index (χ3v) is 10.9. The van der Waals surface area contributed by atoms with Crippen LogP contribution in [-0.4, -0.2) is 25.9 Å². The summed E-state index contributed by atoms with van der Waals surface area (Å²) in [4.78, 5) is 30.4. The van der Waals surface area contributed by atoms with Crippen LogP contribution in [0.1, 0.15) is 125 Å². The monoisotopic (exact) mass is 680 g/mol. The summed E-state index contributed by atoms with van der Waals surface area (Å²) in [5, 5.41) is 0. The molecule has 0 unspecified atom stereocenters. The minimum absolute atomic E-state index is 0.463. The Morgan fingerprint density at radius 1 is 0.667 bits per heavy atom. The Kier molecular flexibility index (Phi) is 10.6. The molecule has 6 rings (SSSR count). The number of H-pyrrole nitrogens is 2. The number of aromatic nitrogens is 4. The Balaban J connectivity index is 1.73. The van der Waals surface area contributed by atoms with Gasteiger partial charge in [-0.2, -0.15) is 0 Å². The summed E-state index contributed by atoms with van der Waals surface area (Å²) in [6.07, 6.45) is 10.4. The largest absolute Gasteiger partial charge is 0.423 e. The number of carbonyl (C=O) groups excluding carboxylic acids is 1. The normalized spacial score (nSPS) is 12.9. The van der Waals surface area contributed by atoms with Crippen molar-refractivity contribution in [3.8, 4) is 16.9 Å². The fourth-order valence-electron chi connectivity index (χ4n) is 7.38. The predicted molar refractivity (Wildman–Crippen MR) is 215 cm³/mol. The SMILES string of the molecule is C=CC(=O)Oc1ccc(-c2c3nc(cc4[nH]c(cc5[nH]c(cc6nc2C(C)=C6C)c(C)c5CCCCC)c(CCCCC)c4C)C(C)=C3C)cc1. The van der Waals surface area contributed by atoms with Crippen molar-refractivity contribution in [3.05, 3.63) is 100 Å². The molecule has 0 saturated carbocycles. The van der Waals surface area contributed by atoms with Crippen LogP contribution in [0.4, 0.5) is 0 Å². The van der Waals surface area contributed by atoms with Crippen molar-refractivity contribution in [2.45, 2.75) is 107 Å². The quantitative estimate of drug-likeness (QED) is 0.0715. The lowest BCUT2D eigenvalue weighted by Gasteiger charge is -2.10. The number of aryl methyl sites for hydroxylation is 4. The molecule has 1 aromatic carbocycles. The maximum absolute atomic E-state index is 11.9. The second-order valence-electron chi connectivity index (χ2n) is 14.2. The van der Waals surface area contributed by atoms with Gasteiger partial charge in [0.2, 0.25) is 0 Å². The van der Waals surface area contributed by atoms with E-state index in [4.69, 9.17) is 14.7 Å². The topological polar surface area (TPSA) is 83.7 Å². The molecule has 51 heavy (non-hydrogen) atoms. The molecule has 0 radical (unpaired) electrons. The van der Waals surface area contributed by atoms with Gasteiger partial charge in [0.1, 0.15) is 5.75 Å². The van der Waals surface area contributed by atoms with Gasteiger partial charge in [0.15, 0.2) is 0 Å². The van der Waals surface area contributed by atoms with Crippen LogP contribution >= 0.6 is 0 Å². The molecule has 8 bridgehead atoms. The molecule has 0 saturated heterocycles. The number of nitrogens with zero attached hydrogens (tertiary/aromatic N) is 2. The van der Waals surface area contributed by atoms with Gasteiger partial charge in [0, 0.05) is 33.7 Å². The molecule has 0 aliphatic carbocycles. The van der Waals surface area contributed by atoms with E-state index in [1.807, 2.05) is 24.3 Å². The lowest BCUT2D eigenvalue weighted by atomic mass is 9.94. The third kappa shape index (κ3) is 7.01. The Hall–Kier alpha value is -4.97. The molecule has 2 N–H and O–H groups in total. The van der Waals surface area contributed by atoms with Gasteiger partial charge in [0.05, 0.1) is 22.8 Å². The van der Waals surface area contributed by atoms with Gasteiger partial charge in [-0.25, -0.2) is 14.8 Å². The molecule has 0 atom stereocenters. The molecular formula is C45H52N4O2. The van der Waals surface area contributed by atoms with Gasteiger partial charge in [-0.15, -0.1) is 0 Å². The van der Waals surface area contributed by atoms with Crippen LogP contribution in [0.15, 0.2) is 55.1 Å². The molecule has 0 amide bonds. The molecule has 3 aromatic heterocycles. The highest BCUT2D eigenvalue weighted by Gasteiger charge is 2.25. The lowest BCUT2D eigenvalue weighted by molar-refractivity contribution is -0.128. The number of allylic oxidation sites excluding steroid dienone is 4. The highest BCUT2D eigenvalue weighted by atomic mass is 16.5. The number of carbonyl (C=O) groups is 1. The number of nitrogens with one attached hydrogen (secondary N) is 2. The van der Waals surface area contributed by atoms with Crippen molar-refractivity contribution in [3.63, 3.8) is 0 Å². The zero-order valence-corrected chi connectivity index (χ0v) is 31.7. The Morgan fingerprint density at radius 3 is 1.57 bits per heavy atom. The summed E-state index contributed by atoms with van der Waals surface area (Å²) in [6.45, 7) is 21.2. The lowest BCUT2D eigenvalue weighted by Crippen LogP contribution is -2.02. The zero-order valence-electron chi connectivity index (χ0n) is 31.7. The summed E-state index contributed by atoms with van der Waals surface area (Å²) in [6, 6.07) is 14.4. The van der Waals surface area contributed by atoms with Gasteiger partial charge >= 0.3 is 5.97 Å². The van der Waals surface area contributed by atoms with E-state index in [9.17, 15) is 4.79 Å². The molecule has 4 aromatic rings. The number of fused-ring (bicyclic) bond motifs is 8. The molecule has 264 valence electrons. The van der Waals surface area contributed by atoms with Crippen LogP contribution in [0.5, 0.6) is 5.75 Å². The van der Waals surface area contributed by atoms with Crippen molar-refractivity contribution < 1.29 is 9.53 Å². The van der Waals surface area contributed by atoms with E-state index in [1.54, 1.807) is 0 Å². The molecular weight excluding hydrogens is 629 g/mol. The van der Waals surface area contributed by atoms with E-state index in [1.165, 1.54) is 65.0 Å². The smallest absolute Gasteiger partial charge is 0.335 e. The van der Waals surface area contributed by atoms with Gasteiger partial charge < -0.3 is 14.7 Å². The first-order valence-electron chi connectivity index (χ1n) is 18.6. The van der Waals surface area contributed by atoms with Crippen molar-refractivity contribution in [1.29, 1.82) is 0 Å². The summed E-state index contributed by atoms with van der Waals surface area (Å²) in [5.74, 6) is -0.0245. The molecule has 6 heteroatoms. The number of ether oxygens (including phenoxy) is 1. The van der Waals surface area contributed by atoms with Crippen LogP contribution in [-0.2, 0) is 17.6 Å². The maximum atomic E-state index is 11.9. The number of rotatable bonds is 11. The third-order valence-electron chi connectivity index (χ3n) is 10.9. The number of benzene rings is 1. The van der Waals surface area contributed by atoms with Crippen molar-refractivity contribution >= 4 is 50.3 Å². The fourth-order valence-corrected chi connectivity index (χ4v) is 7.38. The van der Waals surface area contributed by atoms with Gasteiger partial charge in [0.25, 0.3) is 0 Å². The van der Waals surface area contributed by atoms with E-state index in [-0.39, 0.29) is 0 Å². The fraction of sp³-hybridized carbons (Fsp3) is 0.356. The van der Waals surface area contributed by atoms with Gasteiger partial charge in [-0.1, -0.05) is 58.2 Å². The molecule has 6 nitrogen and oxygen atoms in total. The number of hydrogen-bond acceptors (Lipinski definition) is 4. The minimum atomic E-state index is -0.487. The molecule has 0 spiro atoms. The predicted octanol–water partition coefficient (Wildman–Crippen LogP) is 12.1. The van der Waals surface area contributed by atoms with E-state index in [0.717, 1.165) is 92.9 Å². The van der Waals surface area contributed by atoms with E-state index < -0.39 is 5.97 Å². The molecule has 5 heterocycles. The van der Waals surface area contributed by atoms with Crippen LogP contribution in [0, 0.1) is 13.8 Å². The average molecular weight is 681 g/mol. The first-order valence-corrected chi connectivity index (χ1v) is 18.6.